The first-order chi connectivity index (χ1) is 11.3. The van der Waals surface area contributed by atoms with Crippen LogP contribution >= 0.6 is 0 Å². The van der Waals surface area contributed by atoms with Gasteiger partial charge < -0.3 is 0 Å². The molecule has 0 saturated heterocycles. The van der Waals surface area contributed by atoms with Gasteiger partial charge in [0.1, 0.15) is 26.3 Å². The quantitative estimate of drug-likeness (QED) is 0.695. The molecule has 0 aliphatic heterocycles. The maximum absolute atomic E-state index is 13.6. The van der Waals surface area contributed by atoms with E-state index in [1.165, 1.54) is 0 Å². The topological polar surface area (TPSA) is 135 Å². The van der Waals surface area contributed by atoms with E-state index in [-0.39, 0.29) is 6.07 Å². The van der Waals surface area contributed by atoms with E-state index in [0.29, 0.717) is 12.1 Å². The minimum absolute atomic E-state index is 0.229. The van der Waals surface area contributed by atoms with Crippen LogP contribution in [0.1, 0.15) is 0 Å². The van der Waals surface area contributed by atoms with Gasteiger partial charge in [-0.3, -0.25) is 4.55 Å². The number of hydrogen-bond donors (Lipinski definition) is 2. The van der Waals surface area contributed by atoms with Crippen molar-refractivity contribution in [1.82, 2.24) is 4.13 Å². The van der Waals surface area contributed by atoms with Crippen molar-refractivity contribution in [3.63, 3.8) is 0 Å². The first-order valence-corrected chi connectivity index (χ1v) is 10.6. The maximum atomic E-state index is 13.6. The first kappa shape index (κ1) is 19.4. The monoisotopic (exact) mass is 413 g/mol. The van der Waals surface area contributed by atoms with Gasteiger partial charge in [-0.05, 0) is 24.3 Å². The van der Waals surface area contributed by atoms with Crippen molar-refractivity contribution in [1.29, 1.82) is 0 Å². The summed E-state index contributed by atoms with van der Waals surface area (Å²) in [4.78, 5) is -3.30. The second kappa shape index (κ2) is 6.42. The van der Waals surface area contributed by atoms with Crippen LogP contribution in [0.25, 0.3) is 0 Å². The molecule has 0 aliphatic carbocycles. The van der Waals surface area contributed by atoms with Crippen molar-refractivity contribution in [2.75, 3.05) is 0 Å². The minimum atomic E-state index is -5.04. The standard InChI is InChI=1S/C12H9F2NO7S3/c13-8-5-6-10(9(14)7-8)23(16,17)15-24(18,19)11-3-1-2-4-12(11)25(20,21)22/h1-7,15H,(H,20,21,22). The number of halogens is 2. The van der Waals surface area contributed by atoms with Crippen molar-refractivity contribution in [2.24, 2.45) is 0 Å². The molecular formula is C12H9F2NO7S3. The Kier molecular flexibility index (Phi) is 4.98. The second-order valence-corrected chi connectivity index (χ2v) is 9.54. The van der Waals surface area contributed by atoms with E-state index < -0.39 is 56.5 Å². The molecular weight excluding hydrogens is 404 g/mol. The zero-order chi connectivity index (χ0) is 19.0. The molecule has 0 heterocycles. The highest BCUT2D eigenvalue weighted by atomic mass is 32.3. The van der Waals surface area contributed by atoms with Crippen LogP contribution in [-0.4, -0.2) is 29.8 Å². The van der Waals surface area contributed by atoms with E-state index >= 15 is 0 Å². The van der Waals surface area contributed by atoms with Gasteiger partial charge in [-0.1, -0.05) is 12.1 Å². The second-order valence-electron chi connectivity index (χ2n) is 4.59. The Balaban J connectivity index is 2.57. The summed E-state index contributed by atoms with van der Waals surface area (Å²) in [5, 5.41) is 0. The van der Waals surface area contributed by atoms with Gasteiger partial charge in [0.2, 0.25) is 0 Å². The molecule has 0 amide bonds. The highest BCUT2D eigenvalue weighted by Gasteiger charge is 2.31. The van der Waals surface area contributed by atoms with Crippen LogP contribution in [0.2, 0.25) is 0 Å². The lowest BCUT2D eigenvalue weighted by atomic mass is 10.3. The van der Waals surface area contributed by atoms with Gasteiger partial charge >= 0.3 is 0 Å². The Hall–Kier alpha value is -1.93. The molecule has 13 heteroatoms. The smallest absolute Gasteiger partial charge is 0.282 e. The van der Waals surface area contributed by atoms with Crippen LogP contribution in [0.5, 0.6) is 0 Å². The highest BCUT2D eigenvalue weighted by Crippen LogP contribution is 2.23. The van der Waals surface area contributed by atoms with Crippen molar-refractivity contribution < 1.29 is 38.6 Å². The van der Waals surface area contributed by atoms with Crippen LogP contribution in [0.3, 0.4) is 0 Å². The molecule has 0 atom stereocenters. The summed E-state index contributed by atoms with van der Waals surface area (Å²) in [6.45, 7) is 0. The van der Waals surface area contributed by atoms with E-state index in [9.17, 15) is 34.0 Å². The molecule has 25 heavy (non-hydrogen) atoms. The number of benzene rings is 2. The number of sulfonamides is 2. The fourth-order valence-electron chi connectivity index (χ4n) is 1.81. The summed E-state index contributed by atoms with van der Waals surface area (Å²) in [7, 11) is -15.1. The lowest BCUT2D eigenvalue weighted by Crippen LogP contribution is -2.32. The molecule has 2 aromatic carbocycles. The molecule has 8 nitrogen and oxygen atoms in total. The Morgan fingerprint density at radius 3 is 1.80 bits per heavy atom. The predicted octanol–water partition coefficient (Wildman–Crippen LogP) is 0.879. The van der Waals surface area contributed by atoms with E-state index in [1.807, 2.05) is 0 Å². The summed E-state index contributed by atoms with van der Waals surface area (Å²) in [5.41, 5.74) is 0. The highest BCUT2D eigenvalue weighted by molar-refractivity contribution is 8.05. The van der Waals surface area contributed by atoms with E-state index in [2.05, 4.69) is 0 Å². The zero-order valence-corrected chi connectivity index (χ0v) is 14.4. The molecule has 2 N–H and O–H groups in total. The van der Waals surface area contributed by atoms with Crippen molar-refractivity contribution in [3.05, 3.63) is 54.1 Å². The molecule has 136 valence electrons. The third-order valence-electron chi connectivity index (χ3n) is 2.82. The van der Waals surface area contributed by atoms with E-state index in [0.717, 1.165) is 28.4 Å². The van der Waals surface area contributed by atoms with Crippen LogP contribution in [0.4, 0.5) is 8.78 Å². The third kappa shape index (κ3) is 4.19. The van der Waals surface area contributed by atoms with Crippen LogP contribution in [-0.2, 0) is 30.2 Å². The van der Waals surface area contributed by atoms with Gasteiger partial charge in [-0.25, -0.2) is 25.6 Å². The Bertz CT molecular complexity index is 1140. The van der Waals surface area contributed by atoms with E-state index in [4.69, 9.17) is 4.55 Å². The molecule has 0 radical (unpaired) electrons. The number of hydrogen-bond acceptors (Lipinski definition) is 6. The summed E-state index contributed by atoms with van der Waals surface area (Å²) in [6, 6.07) is 4.95. The largest absolute Gasteiger partial charge is 0.295 e. The van der Waals surface area contributed by atoms with Crippen molar-refractivity contribution >= 4 is 30.2 Å². The van der Waals surface area contributed by atoms with Crippen LogP contribution < -0.4 is 4.13 Å². The molecule has 0 aliphatic rings. The summed E-state index contributed by atoms with van der Waals surface area (Å²) >= 11 is 0. The Morgan fingerprint density at radius 2 is 1.28 bits per heavy atom. The molecule has 0 unspecified atom stereocenters. The van der Waals surface area contributed by atoms with Gasteiger partial charge in [0, 0.05) is 6.07 Å². The third-order valence-corrected chi connectivity index (χ3v) is 7.46. The average molecular weight is 413 g/mol. The molecule has 2 aromatic rings. The maximum Gasteiger partial charge on any atom is 0.295 e. The van der Waals surface area contributed by atoms with Crippen LogP contribution in [0.15, 0.2) is 57.2 Å². The number of nitrogens with one attached hydrogen (secondary N) is 1. The van der Waals surface area contributed by atoms with Gasteiger partial charge in [-0.15, -0.1) is 4.13 Å². The Labute approximate surface area is 142 Å². The van der Waals surface area contributed by atoms with Gasteiger partial charge in [-0.2, -0.15) is 8.42 Å². The fourth-order valence-corrected chi connectivity index (χ4v) is 6.06. The first-order valence-electron chi connectivity index (χ1n) is 6.15. The lowest BCUT2D eigenvalue weighted by molar-refractivity contribution is 0.479. The molecule has 0 spiro atoms. The van der Waals surface area contributed by atoms with Crippen molar-refractivity contribution in [3.8, 4) is 0 Å². The zero-order valence-electron chi connectivity index (χ0n) is 11.9. The SMILES string of the molecule is O=S(=O)(O)c1ccccc1S(=O)(=O)NS(=O)(=O)c1ccc(F)cc1F. The molecule has 0 saturated carbocycles. The molecule has 0 aromatic heterocycles. The average Bonchev–Trinajstić information content (AvgIpc) is 2.44. The fraction of sp³-hybridized carbons (Fsp3) is 0. The summed E-state index contributed by atoms with van der Waals surface area (Å²) in [5.74, 6) is -2.64. The van der Waals surface area contributed by atoms with Crippen molar-refractivity contribution in [2.45, 2.75) is 14.7 Å². The summed E-state index contributed by atoms with van der Waals surface area (Å²) < 4.78 is 108. The minimum Gasteiger partial charge on any atom is -0.282 e. The van der Waals surface area contributed by atoms with Gasteiger partial charge in [0.05, 0.1) is 0 Å². The predicted molar refractivity (Wildman–Crippen MR) is 80.1 cm³/mol. The Morgan fingerprint density at radius 1 is 0.760 bits per heavy atom. The van der Waals surface area contributed by atoms with Gasteiger partial charge in [0.25, 0.3) is 30.2 Å². The lowest BCUT2D eigenvalue weighted by Gasteiger charge is -2.11. The van der Waals surface area contributed by atoms with Gasteiger partial charge in [0.15, 0.2) is 0 Å². The molecule has 0 fully saturated rings. The molecule has 0 bridgehead atoms. The van der Waals surface area contributed by atoms with E-state index in [1.54, 1.807) is 0 Å². The van der Waals surface area contributed by atoms with Crippen LogP contribution in [0, 0.1) is 11.6 Å². The normalized spacial score (nSPS) is 12.9. The molecule has 2 rings (SSSR count). The summed E-state index contributed by atoms with van der Waals surface area (Å²) in [6.07, 6.45) is 0. The number of rotatable bonds is 5.